The maximum absolute atomic E-state index is 13.8. The summed E-state index contributed by atoms with van der Waals surface area (Å²) in [6.07, 6.45) is 4.30. The van der Waals surface area contributed by atoms with Crippen LogP contribution >= 0.6 is 0 Å². The predicted molar refractivity (Wildman–Crippen MR) is 97.9 cm³/mol. The third kappa shape index (κ3) is 3.41. The molecule has 25 heavy (non-hydrogen) atoms. The number of halogens is 1. The first kappa shape index (κ1) is 15.5. The molecule has 0 aliphatic rings. The van der Waals surface area contributed by atoms with Crippen LogP contribution in [0.4, 0.5) is 4.39 Å². The third-order valence-electron chi connectivity index (χ3n) is 4.42. The molecular weight excluding hydrogens is 311 g/mol. The van der Waals surface area contributed by atoms with Gasteiger partial charge in [-0.05, 0) is 47.5 Å². The lowest BCUT2D eigenvalue weighted by Crippen LogP contribution is -2.07. The van der Waals surface area contributed by atoms with Crippen molar-refractivity contribution in [3.63, 3.8) is 0 Å². The predicted octanol–water partition coefficient (Wildman–Crippen LogP) is 5.14. The second-order valence-electron chi connectivity index (χ2n) is 6.09. The molecule has 0 spiro atoms. The Balaban J connectivity index is 1.80. The van der Waals surface area contributed by atoms with Crippen molar-refractivity contribution in [3.05, 3.63) is 108 Å². The minimum atomic E-state index is -0.220. The number of aromatic nitrogens is 2. The largest absolute Gasteiger partial charge is 0.261 e. The third-order valence-corrected chi connectivity index (χ3v) is 4.42. The molecule has 0 amide bonds. The Kier molecular flexibility index (Phi) is 4.21. The molecule has 0 bridgehead atoms. The first-order chi connectivity index (χ1) is 12.3. The van der Waals surface area contributed by atoms with Gasteiger partial charge in [0.15, 0.2) is 0 Å². The topological polar surface area (TPSA) is 25.8 Å². The van der Waals surface area contributed by atoms with E-state index < -0.39 is 0 Å². The summed E-state index contributed by atoms with van der Waals surface area (Å²) in [5.74, 6) is -0.195. The molecule has 0 radical (unpaired) electrons. The van der Waals surface area contributed by atoms with E-state index in [4.69, 9.17) is 0 Å². The Labute approximate surface area is 146 Å². The average molecular weight is 328 g/mol. The maximum atomic E-state index is 13.8. The summed E-state index contributed by atoms with van der Waals surface area (Å²) in [5, 5.41) is 1.10. The molecule has 3 heteroatoms. The van der Waals surface area contributed by atoms with Gasteiger partial charge in [-0.2, -0.15) is 0 Å². The van der Waals surface area contributed by atoms with Gasteiger partial charge in [0.2, 0.25) is 0 Å². The van der Waals surface area contributed by atoms with Crippen LogP contribution in [0.2, 0.25) is 0 Å². The lowest BCUT2D eigenvalue weighted by Gasteiger charge is -2.18. The van der Waals surface area contributed by atoms with Gasteiger partial charge in [-0.15, -0.1) is 0 Å². The van der Waals surface area contributed by atoms with Crippen LogP contribution in [0.15, 0.2) is 85.2 Å². The fourth-order valence-corrected chi connectivity index (χ4v) is 3.18. The number of hydrogen-bond donors (Lipinski definition) is 0. The normalized spacial score (nSPS) is 12.2. The number of pyridine rings is 2. The van der Waals surface area contributed by atoms with E-state index in [0.29, 0.717) is 6.42 Å². The molecule has 2 heterocycles. The fourth-order valence-electron chi connectivity index (χ4n) is 3.18. The van der Waals surface area contributed by atoms with Gasteiger partial charge in [-0.1, -0.05) is 36.4 Å². The standard InChI is InChI=1S/C22H17FN2/c23-19-7-3-5-17(13-19)21(15-20-8-1-2-11-24-20)18-10-9-16-6-4-12-25-22(16)14-18/h1-14,21H,15H2. The summed E-state index contributed by atoms with van der Waals surface area (Å²) in [5.41, 5.74) is 3.99. The van der Waals surface area contributed by atoms with Gasteiger partial charge in [0, 0.05) is 35.8 Å². The summed E-state index contributed by atoms with van der Waals surface area (Å²) >= 11 is 0. The fraction of sp³-hybridized carbons (Fsp3) is 0.0909. The first-order valence-electron chi connectivity index (χ1n) is 8.30. The van der Waals surface area contributed by atoms with Crippen molar-refractivity contribution < 1.29 is 4.39 Å². The number of benzene rings is 2. The molecule has 0 saturated heterocycles. The van der Waals surface area contributed by atoms with E-state index in [1.165, 1.54) is 6.07 Å². The SMILES string of the molecule is Fc1cccc(C(Cc2ccccn2)c2ccc3cccnc3c2)c1. The van der Waals surface area contributed by atoms with Gasteiger partial charge in [-0.3, -0.25) is 9.97 Å². The lowest BCUT2D eigenvalue weighted by atomic mass is 9.86. The van der Waals surface area contributed by atoms with Crippen LogP contribution in [-0.2, 0) is 6.42 Å². The van der Waals surface area contributed by atoms with E-state index in [1.807, 2.05) is 36.4 Å². The van der Waals surface area contributed by atoms with Gasteiger partial charge < -0.3 is 0 Å². The van der Waals surface area contributed by atoms with Crippen molar-refractivity contribution in [2.45, 2.75) is 12.3 Å². The van der Waals surface area contributed by atoms with E-state index in [2.05, 4.69) is 28.2 Å². The molecule has 1 atom stereocenters. The van der Waals surface area contributed by atoms with E-state index in [9.17, 15) is 4.39 Å². The van der Waals surface area contributed by atoms with Crippen LogP contribution in [0.1, 0.15) is 22.7 Å². The highest BCUT2D eigenvalue weighted by molar-refractivity contribution is 5.79. The quantitative estimate of drug-likeness (QED) is 0.518. The van der Waals surface area contributed by atoms with Crippen LogP contribution in [-0.4, -0.2) is 9.97 Å². The van der Waals surface area contributed by atoms with Crippen LogP contribution in [0.5, 0.6) is 0 Å². The zero-order chi connectivity index (χ0) is 17.1. The van der Waals surface area contributed by atoms with Crippen molar-refractivity contribution in [1.82, 2.24) is 9.97 Å². The van der Waals surface area contributed by atoms with Crippen LogP contribution < -0.4 is 0 Å². The van der Waals surface area contributed by atoms with Gasteiger partial charge in [0.05, 0.1) is 5.52 Å². The Morgan fingerprint density at radius 1 is 0.760 bits per heavy atom. The number of fused-ring (bicyclic) bond motifs is 1. The minimum absolute atomic E-state index is 0.0250. The number of nitrogens with zero attached hydrogens (tertiary/aromatic N) is 2. The molecule has 2 nitrogen and oxygen atoms in total. The Morgan fingerprint density at radius 2 is 1.64 bits per heavy atom. The highest BCUT2D eigenvalue weighted by Gasteiger charge is 2.17. The Morgan fingerprint density at radius 3 is 2.48 bits per heavy atom. The Bertz CT molecular complexity index is 999. The highest BCUT2D eigenvalue weighted by atomic mass is 19.1. The van der Waals surface area contributed by atoms with Crippen LogP contribution in [0.3, 0.4) is 0 Å². The average Bonchev–Trinajstić information content (AvgIpc) is 2.66. The molecule has 4 aromatic rings. The smallest absolute Gasteiger partial charge is 0.123 e. The second-order valence-corrected chi connectivity index (χ2v) is 6.09. The summed E-state index contributed by atoms with van der Waals surface area (Å²) in [7, 11) is 0. The summed E-state index contributed by atoms with van der Waals surface area (Å²) in [6, 6.07) is 22.9. The molecule has 1 unspecified atom stereocenters. The molecule has 0 fully saturated rings. The second kappa shape index (κ2) is 6.81. The molecule has 122 valence electrons. The lowest BCUT2D eigenvalue weighted by molar-refractivity contribution is 0.622. The summed E-state index contributed by atoms with van der Waals surface area (Å²) in [4.78, 5) is 8.90. The number of rotatable bonds is 4. The molecule has 0 aliphatic carbocycles. The molecular formula is C22H17FN2. The summed E-state index contributed by atoms with van der Waals surface area (Å²) < 4.78 is 13.8. The molecule has 0 saturated carbocycles. The van der Waals surface area contributed by atoms with Crippen molar-refractivity contribution in [2.75, 3.05) is 0 Å². The summed E-state index contributed by atoms with van der Waals surface area (Å²) in [6.45, 7) is 0. The van der Waals surface area contributed by atoms with Crippen LogP contribution in [0, 0.1) is 5.82 Å². The zero-order valence-corrected chi connectivity index (χ0v) is 13.6. The van der Waals surface area contributed by atoms with Crippen LogP contribution in [0.25, 0.3) is 10.9 Å². The molecule has 4 rings (SSSR count). The van der Waals surface area contributed by atoms with E-state index in [0.717, 1.165) is 27.7 Å². The van der Waals surface area contributed by atoms with E-state index in [-0.39, 0.29) is 11.7 Å². The minimum Gasteiger partial charge on any atom is -0.261 e. The van der Waals surface area contributed by atoms with Crippen molar-refractivity contribution in [3.8, 4) is 0 Å². The first-order valence-corrected chi connectivity index (χ1v) is 8.30. The van der Waals surface area contributed by atoms with E-state index in [1.54, 1.807) is 24.5 Å². The van der Waals surface area contributed by atoms with Gasteiger partial charge in [0.1, 0.15) is 5.82 Å². The zero-order valence-electron chi connectivity index (χ0n) is 13.6. The van der Waals surface area contributed by atoms with Gasteiger partial charge >= 0.3 is 0 Å². The molecule has 2 aromatic heterocycles. The van der Waals surface area contributed by atoms with E-state index >= 15 is 0 Å². The maximum Gasteiger partial charge on any atom is 0.123 e. The van der Waals surface area contributed by atoms with Gasteiger partial charge in [0.25, 0.3) is 0 Å². The molecule has 0 aliphatic heterocycles. The molecule has 0 N–H and O–H groups in total. The van der Waals surface area contributed by atoms with Crippen molar-refractivity contribution >= 4 is 10.9 Å². The Hall–Kier alpha value is -3.07. The van der Waals surface area contributed by atoms with Gasteiger partial charge in [-0.25, -0.2) is 4.39 Å². The van der Waals surface area contributed by atoms with Crippen molar-refractivity contribution in [2.24, 2.45) is 0 Å². The molecule has 2 aromatic carbocycles. The monoisotopic (exact) mass is 328 g/mol. The van der Waals surface area contributed by atoms with Crippen molar-refractivity contribution in [1.29, 1.82) is 0 Å². The highest BCUT2D eigenvalue weighted by Crippen LogP contribution is 2.30. The number of hydrogen-bond acceptors (Lipinski definition) is 2.